The largest absolute Gasteiger partial charge is 0.452 e. The molecule has 34 heavy (non-hydrogen) atoms. The van der Waals surface area contributed by atoms with Crippen molar-refractivity contribution in [2.75, 3.05) is 27.9 Å². The predicted molar refractivity (Wildman–Crippen MR) is 131 cm³/mol. The molecule has 2 heterocycles. The molecule has 2 aliphatic rings. The number of carbonyl (C=O) groups excluding carboxylic acids is 4. The average Bonchev–Trinajstić information content (AvgIpc) is 3.21. The van der Waals surface area contributed by atoms with E-state index in [0.29, 0.717) is 11.4 Å². The number of hydrogen-bond acceptors (Lipinski definition) is 6. The minimum absolute atomic E-state index is 0.0175. The summed E-state index contributed by atoms with van der Waals surface area (Å²) in [5, 5.41) is 2.81. The van der Waals surface area contributed by atoms with Crippen LogP contribution in [-0.2, 0) is 23.9 Å². The number of nitrogens with zero attached hydrogens (tertiary/aromatic N) is 2. The fourth-order valence-electron chi connectivity index (χ4n) is 4.24. The number of rotatable bonds is 5. The Labute approximate surface area is 202 Å². The molecule has 0 unspecified atom stereocenters. The van der Waals surface area contributed by atoms with Gasteiger partial charge in [-0.15, -0.1) is 11.8 Å². The number of amides is 3. The highest BCUT2D eigenvalue weighted by Gasteiger charge is 2.46. The van der Waals surface area contributed by atoms with Gasteiger partial charge in [-0.3, -0.25) is 24.1 Å². The third kappa shape index (κ3) is 4.27. The Kier molecular flexibility index (Phi) is 6.40. The molecule has 8 nitrogen and oxygen atoms in total. The molecule has 0 radical (unpaired) electrons. The van der Waals surface area contributed by atoms with Crippen molar-refractivity contribution in [3.63, 3.8) is 0 Å². The van der Waals surface area contributed by atoms with Crippen molar-refractivity contribution in [1.29, 1.82) is 0 Å². The Morgan fingerprint density at radius 1 is 1.15 bits per heavy atom. The van der Waals surface area contributed by atoms with Crippen LogP contribution in [0.2, 0.25) is 0 Å². The maximum atomic E-state index is 13.4. The molecule has 2 atom stereocenters. The summed E-state index contributed by atoms with van der Waals surface area (Å²) in [6.45, 7) is 4.96. The second-order valence-electron chi connectivity index (χ2n) is 8.89. The van der Waals surface area contributed by atoms with E-state index in [2.05, 4.69) is 5.32 Å². The van der Waals surface area contributed by atoms with Gasteiger partial charge in [0, 0.05) is 23.5 Å². The first-order valence-corrected chi connectivity index (χ1v) is 12.3. The maximum Gasteiger partial charge on any atom is 0.312 e. The third-order valence-electron chi connectivity index (χ3n) is 6.19. The zero-order valence-electron chi connectivity index (χ0n) is 19.5. The molecule has 0 saturated carbocycles. The number of nitrogens with one attached hydrogen (secondary N) is 1. The lowest BCUT2D eigenvalue weighted by Crippen LogP contribution is -2.60. The van der Waals surface area contributed by atoms with Gasteiger partial charge in [0.1, 0.15) is 5.54 Å². The molecule has 1 fully saturated rings. The molecule has 2 aliphatic heterocycles. The van der Waals surface area contributed by atoms with Crippen LogP contribution >= 0.6 is 11.8 Å². The molecule has 2 aromatic carbocycles. The van der Waals surface area contributed by atoms with Gasteiger partial charge in [0.05, 0.1) is 17.3 Å². The number of benzene rings is 2. The highest BCUT2D eigenvalue weighted by molar-refractivity contribution is 7.98. The molecule has 0 bridgehead atoms. The van der Waals surface area contributed by atoms with Gasteiger partial charge in [-0.05, 0) is 57.4 Å². The fourth-order valence-corrected chi connectivity index (χ4v) is 4.70. The Hall–Kier alpha value is -3.33. The molecule has 0 spiro atoms. The molecule has 1 N–H and O–H groups in total. The number of anilines is 3. The normalized spacial score (nSPS) is 19.9. The van der Waals surface area contributed by atoms with Crippen LogP contribution < -0.4 is 15.1 Å². The van der Waals surface area contributed by atoms with E-state index in [1.54, 1.807) is 54.8 Å². The van der Waals surface area contributed by atoms with Crippen LogP contribution in [0.1, 0.15) is 27.2 Å². The lowest BCUT2D eigenvalue weighted by atomic mass is 9.95. The van der Waals surface area contributed by atoms with Crippen molar-refractivity contribution in [2.45, 2.75) is 43.7 Å². The highest BCUT2D eigenvalue weighted by Crippen LogP contribution is 2.37. The van der Waals surface area contributed by atoms with Gasteiger partial charge in [0.25, 0.3) is 5.91 Å². The van der Waals surface area contributed by atoms with Gasteiger partial charge in [0.15, 0.2) is 6.10 Å². The van der Waals surface area contributed by atoms with E-state index in [9.17, 15) is 19.2 Å². The number of esters is 1. The van der Waals surface area contributed by atoms with Crippen LogP contribution in [0, 0.1) is 5.92 Å². The smallest absolute Gasteiger partial charge is 0.312 e. The first-order valence-electron chi connectivity index (χ1n) is 11.0. The Morgan fingerprint density at radius 3 is 2.62 bits per heavy atom. The van der Waals surface area contributed by atoms with Gasteiger partial charge in [-0.2, -0.15) is 0 Å². The van der Waals surface area contributed by atoms with Crippen LogP contribution in [-0.4, -0.2) is 48.1 Å². The molecule has 1 saturated heterocycles. The zero-order chi connectivity index (χ0) is 24.6. The quantitative estimate of drug-likeness (QED) is 0.519. The molecular weight excluding hydrogens is 454 g/mol. The second kappa shape index (κ2) is 9.13. The van der Waals surface area contributed by atoms with E-state index in [-0.39, 0.29) is 24.8 Å². The summed E-state index contributed by atoms with van der Waals surface area (Å²) in [4.78, 5) is 55.5. The van der Waals surface area contributed by atoms with E-state index >= 15 is 0 Å². The van der Waals surface area contributed by atoms with Crippen molar-refractivity contribution >= 4 is 52.5 Å². The number of para-hydroxylation sites is 2. The number of thioether (sulfide) groups is 1. The summed E-state index contributed by atoms with van der Waals surface area (Å²) in [6.07, 6.45) is 0.841. The minimum atomic E-state index is -1.17. The van der Waals surface area contributed by atoms with E-state index < -0.39 is 29.4 Å². The Balaban J connectivity index is 1.48. The van der Waals surface area contributed by atoms with Gasteiger partial charge in [0.2, 0.25) is 11.8 Å². The van der Waals surface area contributed by atoms with Gasteiger partial charge < -0.3 is 15.0 Å². The molecule has 9 heteroatoms. The van der Waals surface area contributed by atoms with Crippen LogP contribution in [0.15, 0.2) is 53.4 Å². The van der Waals surface area contributed by atoms with Crippen molar-refractivity contribution in [2.24, 2.45) is 5.92 Å². The Morgan fingerprint density at radius 2 is 1.88 bits per heavy atom. The van der Waals surface area contributed by atoms with E-state index in [1.165, 1.54) is 11.8 Å². The summed E-state index contributed by atoms with van der Waals surface area (Å²) in [6, 6.07) is 14.5. The lowest BCUT2D eigenvalue weighted by Gasteiger charge is -2.42. The minimum Gasteiger partial charge on any atom is -0.452 e. The summed E-state index contributed by atoms with van der Waals surface area (Å²) >= 11 is 1.57. The highest BCUT2D eigenvalue weighted by atomic mass is 32.2. The molecule has 178 valence electrons. The molecule has 0 aromatic heterocycles. The van der Waals surface area contributed by atoms with Crippen molar-refractivity contribution in [1.82, 2.24) is 0 Å². The number of hydrogen-bond donors (Lipinski definition) is 1. The number of carbonyl (C=O) groups is 4. The zero-order valence-corrected chi connectivity index (χ0v) is 20.3. The van der Waals surface area contributed by atoms with Gasteiger partial charge in [-0.25, -0.2) is 0 Å². The van der Waals surface area contributed by atoms with Crippen LogP contribution in [0.25, 0.3) is 0 Å². The van der Waals surface area contributed by atoms with E-state index in [4.69, 9.17) is 4.74 Å². The molecule has 4 rings (SSSR count). The summed E-state index contributed by atoms with van der Waals surface area (Å²) in [7, 11) is 0. The van der Waals surface area contributed by atoms with Crippen molar-refractivity contribution in [3.05, 3.63) is 48.5 Å². The van der Waals surface area contributed by atoms with Crippen LogP contribution in [0.5, 0.6) is 0 Å². The van der Waals surface area contributed by atoms with Crippen molar-refractivity contribution in [3.8, 4) is 0 Å². The molecule has 3 amide bonds. The molecule has 2 aromatic rings. The second-order valence-corrected chi connectivity index (χ2v) is 9.77. The first kappa shape index (κ1) is 23.8. The lowest BCUT2D eigenvalue weighted by molar-refractivity contribution is -0.158. The Bertz CT molecular complexity index is 1160. The fraction of sp³-hybridized carbons (Fsp3) is 0.360. The monoisotopic (exact) mass is 481 g/mol. The summed E-state index contributed by atoms with van der Waals surface area (Å²) in [5.74, 6) is -2.28. The van der Waals surface area contributed by atoms with Crippen LogP contribution in [0.4, 0.5) is 17.1 Å². The average molecular weight is 482 g/mol. The summed E-state index contributed by atoms with van der Waals surface area (Å²) in [5.41, 5.74) is 0.613. The van der Waals surface area contributed by atoms with E-state index in [1.807, 2.05) is 30.5 Å². The van der Waals surface area contributed by atoms with Gasteiger partial charge in [-0.1, -0.05) is 18.2 Å². The standard InChI is InChI=1S/C25H27N3O5S/c1-15(22(30)28-20-11-6-5-10-19(20)26-24(32)25(28,2)3)33-23(31)16-12-21(29)27(14-16)17-8-7-9-18(13-17)34-4/h5-11,13,15-16H,12,14H2,1-4H3,(H,26,32)/t15-,16-/m0/s1. The third-order valence-corrected chi connectivity index (χ3v) is 6.92. The first-order chi connectivity index (χ1) is 16.1. The molecule has 0 aliphatic carbocycles. The van der Waals surface area contributed by atoms with Gasteiger partial charge >= 0.3 is 5.97 Å². The van der Waals surface area contributed by atoms with E-state index in [0.717, 1.165) is 10.6 Å². The SMILES string of the molecule is CSc1cccc(N2C[C@@H](C(=O)O[C@@H](C)C(=O)N3c4ccccc4NC(=O)C3(C)C)CC2=O)c1. The predicted octanol–water partition coefficient (Wildman–Crippen LogP) is 3.46. The topological polar surface area (TPSA) is 96.0 Å². The summed E-state index contributed by atoms with van der Waals surface area (Å²) < 4.78 is 5.53. The maximum absolute atomic E-state index is 13.4. The molecular formula is C25H27N3O5S. The van der Waals surface area contributed by atoms with Crippen LogP contribution in [0.3, 0.4) is 0 Å². The number of ether oxygens (including phenoxy) is 1. The van der Waals surface area contributed by atoms with Crippen molar-refractivity contribution < 1.29 is 23.9 Å². The number of fused-ring (bicyclic) bond motifs is 1.